The number of nitrogens with zero attached hydrogens (tertiary/aromatic N) is 2. The summed E-state index contributed by atoms with van der Waals surface area (Å²) in [5, 5.41) is 2.97. The van der Waals surface area contributed by atoms with Gasteiger partial charge in [-0.05, 0) is 42.0 Å². The number of ether oxygens (including phenoxy) is 1. The summed E-state index contributed by atoms with van der Waals surface area (Å²) < 4.78 is 5.65. The summed E-state index contributed by atoms with van der Waals surface area (Å²) in [5.41, 5.74) is 5.67. The molecule has 0 bridgehead atoms. The second-order valence-electron chi connectivity index (χ2n) is 8.41. The van der Waals surface area contributed by atoms with E-state index >= 15 is 0 Å². The van der Waals surface area contributed by atoms with Gasteiger partial charge in [-0.2, -0.15) is 0 Å². The molecule has 1 aliphatic carbocycles. The molecule has 1 unspecified atom stereocenters. The Hall–Kier alpha value is -2.37. The molecule has 2 aromatic rings. The second-order valence-corrected chi connectivity index (χ2v) is 8.41. The van der Waals surface area contributed by atoms with E-state index in [4.69, 9.17) is 4.74 Å². The number of anilines is 1. The Labute approximate surface area is 172 Å². The van der Waals surface area contributed by atoms with E-state index in [1.807, 2.05) is 0 Å². The number of piperazine rings is 1. The minimum absolute atomic E-state index is 0.0200. The maximum Gasteiger partial charge on any atom is 0.246 e. The van der Waals surface area contributed by atoms with Crippen LogP contribution in [-0.2, 0) is 16.0 Å². The molecule has 2 fully saturated rings. The maximum absolute atomic E-state index is 11.8. The van der Waals surface area contributed by atoms with Gasteiger partial charge >= 0.3 is 0 Å². The largest absolute Gasteiger partial charge is 0.370 e. The van der Waals surface area contributed by atoms with E-state index in [2.05, 4.69) is 63.6 Å². The number of fused-ring (bicyclic) bond motifs is 5. The summed E-state index contributed by atoms with van der Waals surface area (Å²) in [4.78, 5) is 16.8. The van der Waals surface area contributed by atoms with E-state index in [1.165, 1.54) is 22.4 Å². The Kier molecular flexibility index (Phi) is 5.25. The molecule has 1 amide bonds. The highest BCUT2D eigenvalue weighted by atomic mass is 16.5. The van der Waals surface area contributed by atoms with Crippen molar-refractivity contribution in [3.8, 4) is 0 Å². The minimum Gasteiger partial charge on any atom is -0.370 e. The third-order valence-corrected chi connectivity index (χ3v) is 6.29. The molecule has 3 aliphatic rings. The Morgan fingerprint density at radius 2 is 1.83 bits per heavy atom. The first-order valence-corrected chi connectivity index (χ1v) is 10.8. The first-order valence-electron chi connectivity index (χ1n) is 10.8. The highest BCUT2D eigenvalue weighted by Gasteiger charge is 2.33. The van der Waals surface area contributed by atoms with E-state index in [0.29, 0.717) is 18.7 Å². The monoisotopic (exact) mass is 391 g/mol. The summed E-state index contributed by atoms with van der Waals surface area (Å²) in [7, 11) is 0. The molecule has 1 saturated carbocycles. The Morgan fingerprint density at radius 3 is 2.69 bits per heavy atom. The molecular weight excluding hydrogens is 362 g/mol. The van der Waals surface area contributed by atoms with Crippen LogP contribution >= 0.6 is 0 Å². The molecule has 5 nitrogen and oxygen atoms in total. The fourth-order valence-electron chi connectivity index (χ4n) is 4.62. The van der Waals surface area contributed by atoms with Gasteiger partial charge in [-0.25, -0.2) is 0 Å². The second kappa shape index (κ2) is 8.17. The smallest absolute Gasteiger partial charge is 0.246 e. The van der Waals surface area contributed by atoms with Gasteiger partial charge in [0.05, 0.1) is 12.6 Å². The van der Waals surface area contributed by atoms with E-state index < -0.39 is 0 Å². The highest BCUT2D eigenvalue weighted by Crippen LogP contribution is 2.38. The summed E-state index contributed by atoms with van der Waals surface area (Å²) >= 11 is 0. The van der Waals surface area contributed by atoms with Gasteiger partial charge in [0.25, 0.3) is 0 Å². The van der Waals surface area contributed by atoms with Gasteiger partial charge in [0, 0.05) is 37.9 Å². The van der Waals surface area contributed by atoms with Gasteiger partial charge in [0.15, 0.2) is 0 Å². The van der Waals surface area contributed by atoms with Crippen molar-refractivity contribution in [2.75, 3.05) is 44.3 Å². The molecule has 2 heterocycles. The van der Waals surface area contributed by atoms with Crippen molar-refractivity contribution in [2.45, 2.75) is 31.3 Å². The molecule has 0 radical (unpaired) electrons. The average Bonchev–Trinajstić information content (AvgIpc) is 3.57. The van der Waals surface area contributed by atoms with Crippen LogP contribution in [0.25, 0.3) is 0 Å². The molecule has 0 spiro atoms. The Morgan fingerprint density at radius 1 is 1.03 bits per heavy atom. The number of para-hydroxylation sites is 1. The molecule has 152 valence electrons. The molecule has 2 aromatic carbocycles. The van der Waals surface area contributed by atoms with Crippen LogP contribution in [0.3, 0.4) is 0 Å². The molecule has 5 heteroatoms. The topological polar surface area (TPSA) is 44.8 Å². The van der Waals surface area contributed by atoms with Crippen LogP contribution < -0.4 is 10.2 Å². The van der Waals surface area contributed by atoms with E-state index in [1.54, 1.807) is 0 Å². The normalized spacial score (nSPS) is 21.0. The van der Waals surface area contributed by atoms with Crippen LogP contribution in [0.2, 0.25) is 0 Å². The predicted octanol–water partition coefficient (Wildman–Crippen LogP) is 2.75. The van der Waals surface area contributed by atoms with Crippen LogP contribution in [0, 0.1) is 0 Å². The number of benzene rings is 2. The lowest BCUT2D eigenvalue weighted by Crippen LogP contribution is -2.49. The number of carbonyl (C=O) groups excluding carboxylic acids is 1. The van der Waals surface area contributed by atoms with Crippen molar-refractivity contribution in [3.63, 3.8) is 0 Å². The number of rotatable bonds is 6. The zero-order valence-electron chi connectivity index (χ0n) is 16.8. The van der Waals surface area contributed by atoms with Crippen LogP contribution in [0.15, 0.2) is 48.5 Å². The first kappa shape index (κ1) is 18.6. The number of amides is 1. The number of hydrogen-bond acceptors (Lipinski definition) is 4. The van der Waals surface area contributed by atoms with Gasteiger partial charge in [0.2, 0.25) is 5.91 Å². The predicted molar refractivity (Wildman–Crippen MR) is 114 cm³/mol. The lowest BCUT2D eigenvalue weighted by atomic mass is 9.96. The Balaban J connectivity index is 1.24. The summed E-state index contributed by atoms with van der Waals surface area (Å²) in [5.74, 6) is 0.0200. The molecule has 29 heavy (non-hydrogen) atoms. The van der Waals surface area contributed by atoms with E-state index in [0.717, 1.165) is 45.4 Å². The summed E-state index contributed by atoms with van der Waals surface area (Å²) in [6.45, 7) is 4.66. The van der Waals surface area contributed by atoms with Crippen molar-refractivity contribution < 1.29 is 9.53 Å². The number of hydrogen-bond donors (Lipinski definition) is 1. The van der Waals surface area contributed by atoms with E-state index in [9.17, 15) is 4.79 Å². The summed E-state index contributed by atoms with van der Waals surface area (Å²) in [6, 6.07) is 18.5. The standard InChI is InChI=1S/C24H29N3O2/c28-24(25-20-9-10-20)17-29-14-13-26-11-12-27-22-8-4-2-6-19(22)15-18-5-1-3-7-21(18)23(27)16-26/h1-8,20,23H,9-17H2,(H,25,28). The third kappa shape index (κ3) is 4.16. The lowest BCUT2D eigenvalue weighted by Gasteiger charge is -2.43. The quantitative estimate of drug-likeness (QED) is 0.769. The van der Waals surface area contributed by atoms with Crippen LogP contribution in [0.5, 0.6) is 0 Å². The molecule has 1 N–H and O–H groups in total. The minimum atomic E-state index is 0.0200. The fraction of sp³-hybridized carbons (Fsp3) is 0.458. The molecule has 2 aliphatic heterocycles. The van der Waals surface area contributed by atoms with Crippen molar-refractivity contribution >= 4 is 11.6 Å². The fourth-order valence-corrected chi connectivity index (χ4v) is 4.62. The van der Waals surface area contributed by atoms with Gasteiger partial charge in [-0.15, -0.1) is 0 Å². The van der Waals surface area contributed by atoms with Crippen molar-refractivity contribution in [1.29, 1.82) is 0 Å². The van der Waals surface area contributed by atoms with Gasteiger partial charge in [-0.3, -0.25) is 9.69 Å². The molecule has 5 rings (SSSR count). The SMILES string of the molecule is O=C(COCCN1CCN2c3ccccc3Cc3ccccc3C2C1)NC1CC1. The van der Waals surface area contributed by atoms with Gasteiger partial charge in [0.1, 0.15) is 6.61 Å². The van der Waals surface area contributed by atoms with Crippen molar-refractivity contribution in [3.05, 3.63) is 65.2 Å². The molecule has 1 atom stereocenters. The molecular formula is C24H29N3O2. The van der Waals surface area contributed by atoms with Crippen LogP contribution in [-0.4, -0.2) is 56.2 Å². The first-order chi connectivity index (χ1) is 14.3. The van der Waals surface area contributed by atoms with Crippen LogP contribution in [0.4, 0.5) is 5.69 Å². The summed E-state index contributed by atoms with van der Waals surface area (Å²) in [6.07, 6.45) is 3.22. The van der Waals surface area contributed by atoms with Crippen molar-refractivity contribution in [1.82, 2.24) is 10.2 Å². The van der Waals surface area contributed by atoms with Gasteiger partial charge < -0.3 is 15.0 Å². The zero-order valence-corrected chi connectivity index (χ0v) is 16.8. The highest BCUT2D eigenvalue weighted by molar-refractivity contribution is 5.77. The van der Waals surface area contributed by atoms with E-state index in [-0.39, 0.29) is 12.5 Å². The molecule has 0 aromatic heterocycles. The van der Waals surface area contributed by atoms with Gasteiger partial charge in [-0.1, -0.05) is 42.5 Å². The zero-order chi connectivity index (χ0) is 19.6. The number of carbonyl (C=O) groups is 1. The maximum atomic E-state index is 11.8. The number of nitrogens with one attached hydrogen (secondary N) is 1. The molecule has 1 saturated heterocycles. The van der Waals surface area contributed by atoms with Crippen LogP contribution in [0.1, 0.15) is 35.6 Å². The Bertz CT molecular complexity index is 880. The third-order valence-electron chi connectivity index (χ3n) is 6.29. The van der Waals surface area contributed by atoms with Crippen molar-refractivity contribution in [2.24, 2.45) is 0 Å². The average molecular weight is 392 g/mol. The lowest BCUT2D eigenvalue weighted by molar-refractivity contribution is -0.126.